The van der Waals surface area contributed by atoms with Gasteiger partial charge in [-0.3, -0.25) is 4.98 Å². The van der Waals surface area contributed by atoms with Crippen molar-refractivity contribution in [3.05, 3.63) is 24.0 Å². The molecule has 0 spiro atoms. The number of aliphatic hydroxyl groups excluding tert-OH is 1. The topological polar surface area (TPSA) is 56.6 Å². The second-order valence-electron chi connectivity index (χ2n) is 5.45. The lowest BCUT2D eigenvalue weighted by molar-refractivity contribution is 0.0481. The van der Waals surface area contributed by atoms with Gasteiger partial charge in [0.25, 0.3) is 0 Å². The molecule has 0 bridgehead atoms. The molecule has 0 radical (unpaired) electrons. The number of rotatable bonds is 2. The van der Waals surface area contributed by atoms with Gasteiger partial charge in [-0.1, -0.05) is 0 Å². The van der Waals surface area contributed by atoms with Crippen LogP contribution in [0.25, 0.3) is 0 Å². The second kappa shape index (κ2) is 5.24. The number of hydrogen-bond donors (Lipinski definition) is 2. The number of anilines is 1. The first-order valence-electron chi connectivity index (χ1n) is 6.59. The summed E-state index contributed by atoms with van der Waals surface area (Å²) >= 11 is 0. The van der Waals surface area contributed by atoms with Gasteiger partial charge < -0.3 is 15.1 Å². The lowest BCUT2D eigenvalue weighted by Crippen LogP contribution is -2.28. The number of nitrogens with zero attached hydrogens (tertiary/aromatic N) is 2. The summed E-state index contributed by atoms with van der Waals surface area (Å²) in [4.78, 5) is 6.52. The Morgan fingerprint density at radius 2 is 2.11 bits per heavy atom. The summed E-state index contributed by atoms with van der Waals surface area (Å²) < 4.78 is 0. The Kier molecular flexibility index (Phi) is 3.88. The number of hydrogen-bond acceptors (Lipinski definition) is 4. The van der Waals surface area contributed by atoms with Crippen LogP contribution in [0.2, 0.25) is 0 Å². The second-order valence-corrected chi connectivity index (χ2v) is 5.45. The van der Waals surface area contributed by atoms with Gasteiger partial charge in [-0.15, -0.1) is 0 Å². The lowest BCUT2D eigenvalue weighted by Gasteiger charge is -2.24. The molecular formula is C14H22N2O2. The minimum atomic E-state index is -0.540. The third kappa shape index (κ3) is 3.21. The van der Waals surface area contributed by atoms with Gasteiger partial charge in [0.1, 0.15) is 0 Å². The summed E-state index contributed by atoms with van der Waals surface area (Å²) in [7, 11) is 0. The molecule has 2 rings (SSSR count). The molecule has 18 heavy (non-hydrogen) atoms. The minimum absolute atomic E-state index is 0.524. The Hall–Kier alpha value is -1.13. The Bertz CT molecular complexity index is 387. The summed E-state index contributed by atoms with van der Waals surface area (Å²) in [6.07, 6.45) is 3.91. The Balaban J connectivity index is 2.07. The summed E-state index contributed by atoms with van der Waals surface area (Å²) in [5.41, 5.74) is 1.22. The molecule has 1 aromatic heterocycles. The van der Waals surface area contributed by atoms with Gasteiger partial charge in [-0.05, 0) is 45.2 Å². The third-order valence-corrected chi connectivity index (χ3v) is 3.63. The van der Waals surface area contributed by atoms with E-state index in [1.165, 1.54) is 0 Å². The minimum Gasteiger partial charge on any atom is -0.390 e. The van der Waals surface area contributed by atoms with Gasteiger partial charge in [0.05, 0.1) is 29.3 Å². The maximum atomic E-state index is 10.1. The zero-order valence-electron chi connectivity index (χ0n) is 11.1. The van der Waals surface area contributed by atoms with Crippen LogP contribution in [0, 0.1) is 0 Å². The van der Waals surface area contributed by atoms with Crippen molar-refractivity contribution < 1.29 is 10.2 Å². The van der Waals surface area contributed by atoms with Gasteiger partial charge in [-0.2, -0.15) is 0 Å². The molecule has 1 aliphatic heterocycles. The summed E-state index contributed by atoms with van der Waals surface area (Å²) in [5.74, 6) is 0. The zero-order chi connectivity index (χ0) is 13.2. The molecule has 1 fully saturated rings. The van der Waals surface area contributed by atoms with Crippen LogP contribution >= 0.6 is 0 Å². The van der Waals surface area contributed by atoms with Crippen LogP contribution in [0.1, 0.15) is 44.9 Å². The summed E-state index contributed by atoms with van der Waals surface area (Å²) in [5, 5.41) is 19.5. The van der Waals surface area contributed by atoms with E-state index in [2.05, 4.69) is 9.88 Å². The fraction of sp³-hybridized carbons (Fsp3) is 0.643. The van der Waals surface area contributed by atoms with Gasteiger partial charge in [0.15, 0.2) is 0 Å². The van der Waals surface area contributed by atoms with Gasteiger partial charge in [0.2, 0.25) is 0 Å². The molecule has 1 unspecified atom stereocenters. The zero-order valence-corrected chi connectivity index (χ0v) is 11.1. The third-order valence-electron chi connectivity index (χ3n) is 3.63. The first-order chi connectivity index (χ1) is 8.48. The van der Waals surface area contributed by atoms with Crippen LogP contribution in [0.4, 0.5) is 5.69 Å². The average molecular weight is 250 g/mol. The van der Waals surface area contributed by atoms with E-state index in [0.29, 0.717) is 5.69 Å². The van der Waals surface area contributed by atoms with E-state index in [9.17, 15) is 10.2 Å². The van der Waals surface area contributed by atoms with E-state index in [-0.39, 0.29) is 0 Å². The van der Waals surface area contributed by atoms with Gasteiger partial charge in [0, 0.05) is 13.1 Å². The predicted molar refractivity (Wildman–Crippen MR) is 71.6 cm³/mol. The molecule has 4 nitrogen and oxygen atoms in total. The number of pyridine rings is 1. The first-order valence-corrected chi connectivity index (χ1v) is 6.59. The molecule has 100 valence electrons. The smallest absolute Gasteiger partial charge is 0.0931 e. The molecule has 0 amide bonds. The van der Waals surface area contributed by atoms with Crippen LogP contribution in [0.3, 0.4) is 0 Å². The highest BCUT2D eigenvalue weighted by Crippen LogP contribution is 2.25. The van der Waals surface area contributed by atoms with Crippen LogP contribution in [-0.2, 0) is 0 Å². The Morgan fingerprint density at radius 3 is 2.72 bits per heavy atom. The average Bonchev–Trinajstić information content (AvgIpc) is 2.50. The Labute approximate surface area is 108 Å². The highest BCUT2D eigenvalue weighted by atomic mass is 16.3. The largest absolute Gasteiger partial charge is 0.390 e. The number of aromatic nitrogens is 1. The van der Waals surface area contributed by atoms with Crippen molar-refractivity contribution >= 4 is 5.69 Å². The van der Waals surface area contributed by atoms with Crippen molar-refractivity contribution in [2.45, 2.75) is 44.8 Å². The fourth-order valence-corrected chi connectivity index (χ4v) is 2.35. The molecule has 1 saturated heterocycles. The highest BCUT2D eigenvalue weighted by Gasteiger charge is 2.25. The predicted octanol–water partition coefficient (Wildman–Crippen LogP) is 1.88. The Morgan fingerprint density at radius 1 is 1.33 bits per heavy atom. The maximum Gasteiger partial charge on any atom is 0.0931 e. The molecule has 4 heteroatoms. The van der Waals surface area contributed by atoms with Gasteiger partial charge >= 0.3 is 0 Å². The normalized spacial score (nSPS) is 26.8. The summed E-state index contributed by atoms with van der Waals surface area (Å²) in [6.45, 7) is 5.42. The molecule has 2 heterocycles. The SMILES string of the molecule is C[C@H](O)c1ccc(N2CCCC(C)(O)CC2)cn1. The molecule has 2 atom stereocenters. The first kappa shape index (κ1) is 13.3. The van der Waals surface area contributed by atoms with Crippen LogP contribution < -0.4 is 4.90 Å². The van der Waals surface area contributed by atoms with Crippen molar-refractivity contribution in [2.75, 3.05) is 18.0 Å². The van der Waals surface area contributed by atoms with E-state index in [1.807, 2.05) is 25.3 Å². The van der Waals surface area contributed by atoms with E-state index in [0.717, 1.165) is 38.0 Å². The van der Waals surface area contributed by atoms with E-state index in [4.69, 9.17) is 0 Å². The van der Waals surface area contributed by atoms with Crippen molar-refractivity contribution in [1.29, 1.82) is 0 Å². The molecule has 0 saturated carbocycles. The standard InChI is InChI=1S/C14H22N2O2/c1-11(17)13-5-4-12(10-15-13)16-8-3-6-14(2,18)7-9-16/h4-5,10-11,17-18H,3,6-9H2,1-2H3/t11-,14?/m0/s1. The lowest BCUT2D eigenvalue weighted by atomic mass is 9.98. The van der Waals surface area contributed by atoms with Gasteiger partial charge in [-0.25, -0.2) is 0 Å². The highest BCUT2D eigenvalue weighted by molar-refractivity contribution is 5.44. The van der Waals surface area contributed by atoms with Crippen LogP contribution in [0.15, 0.2) is 18.3 Å². The van der Waals surface area contributed by atoms with Crippen molar-refractivity contribution in [2.24, 2.45) is 0 Å². The monoisotopic (exact) mass is 250 g/mol. The molecule has 1 aromatic rings. The molecular weight excluding hydrogens is 228 g/mol. The van der Waals surface area contributed by atoms with Crippen molar-refractivity contribution in [1.82, 2.24) is 4.98 Å². The fourth-order valence-electron chi connectivity index (χ4n) is 2.35. The van der Waals surface area contributed by atoms with Crippen LogP contribution in [-0.4, -0.2) is 33.9 Å². The summed E-state index contributed by atoms with van der Waals surface area (Å²) in [6, 6.07) is 3.86. The molecule has 0 aliphatic carbocycles. The van der Waals surface area contributed by atoms with Crippen molar-refractivity contribution in [3.63, 3.8) is 0 Å². The quantitative estimate of drug-likeness (QED) is 0.841. The van der Waals surface area contributed by atoms with E-state index >= 15 is 0 Å². The van der Waals surface area contributed by atoms with E-state index < -0.39 is 11.7 Å². The number of aliphatic hydroxyl groups is 2. The van der Waals surface area contributed by atoms with E-state index in [1.54, 1.807) is 6.92 Å². The van der Waals surface area contributed by atoms with Crippen molar-refractivity contribution in [3.8, 4) is 0 Å². The molecule has 2 N–H and O–H groups in total. The molecule has 0 aromatic carbocycles. The van der Waals surface area contributed by atoms with Crippen LogP contribution in [0.5, 0.6) is 0 Å². The molecule has 1 aliphatic rings. The maximum absolute atomic E-state index is 10.1.